The van der Waals surface area contributed by atoms with Gasteiger partial charge in [-0.05, 0) is 12.1 Å². The third-order valence-corrected chi connectivity index (χ3v) is 4.76. The van der Waals surface area contributed by atoms with Crippen LogP contribution in [0.15, 0.2) is 34.4 Å². The molecule has 19 heavy (non-hydrogen) atoms. The lowest BCUT2D eigenvalue weighted by Crippen LogP contribution is -3.12. The molecule has 5 nitrogen and oxygen atoms in total. The highest BCUT2D eigenvalue weighted by Crippen LogP contribution is 2.31. The van der Waals surface area contributed by atoms with Gasteiger partial charge in [-0.1, -0.05) is 0 Å². The van der Waals surface area contributed by atoms with Gasteiger partial charge in [-0.2, -0.15) is 0 Å². The van der Waals surface area contributed by atoms with E-state index in [9.17, 15) is 4.79 Å². The van der Waals surface area contributed by atoms with Crippen LogP contribution >= 0.6 is 11.3 Å². The molecule has 1 amide bonds. The Hall–Kier alpha value is -1.66. The molecular weight excluding hydrogens is 262 g/mol. The molecule has 1 N–H and O–H groups in total. The van der Waals surface area contributed by atoms with E-state index in [1.807, 2.05) is 22.4 Å². The van der Waals surface area contributed by atoms with Crippen LogP contribution in [0, 0.1) is 0 Å². The monoisotopic (exact) mass is 276 g/mol. The molecule has 0 aromatic carbocycles. The fraction of sp³-hybridized carbons (Fsp3) is 0.385. The first-order chi connectivity index (χ1) is 9.36. The van der Waals surface area contributed by atoms with Crippen LogP contribution in [0.4, 0.5) is 5.13 Å². The largest absolute Gasteiger partial charge is 0.461 e. The summed E-state index contributed by atoms with van der Waals surface area (Å²) in [6.45, 7) is 1.02. The van der Waals surface area contributed by atoms with Gasteiger partial charge in [0.1, 0.15) is 0 Å². The van der Waals surface area contributed by atoms with Gasteiger partial charge in [0.2, 0.25) is 6.17 Å². The van der Waals surface area contributed by atoms with Crippen molar-refractivity contribution in [1.82, 2.24) is 4.98 Å². The minimum atomic E-state index is -0.0545. The zero-order valence-corrected chi connectivity index (χ0v) is 11.1. The summed E-state index contributed by atoms with van der Waals surface area (Å²) >= 11 is 1.50. The second kappa shape index (κ2) is 4.18. The van der Waals surface area contributed by atoms with Gasteiger partial charge < -0.3 is 4.42 Å². The van der Waals surface area contributed by atoms with Gasteiger partial charge in [-0.15, -0.1) is 11.3 Å². The molecule has 3 atom stereocenters. The van der Waals surface area contributed by atoms with Crippen molar-refractivity contribution >= 4 is 22.4 Å². The van der Waals surface area contributed by atoms with E-state index in [0.29, 0.717) is 0 Å². The third kappa shape index (κ3) is 1.56. The molecule has 2 saturated heterocycles. The van der Waals surface area contributed by atoms with Crippen molar-refractivity contribution in [2.45, 2.75) is 25.0 Å². The molecule has 6 heteroatoms. The molecule has 2 aromatic heterocycles. The van der Waals surface area contributed by atoms with Crippen LogP contribution in [0.5, 0.6) is 0 Å². The SMILES string of the molecule is O=C1[C@H]2CCC[NH+]2[C@@H](c2ccco2)N1c1nccs1. The van der Waals surface area contributed by atoms with E-state index in [-0.39, 0.29) is 18.1 Å². The first-order valence-corrected chi connectivity index (χ1v) is 7.36. The van der Waals surface area contributed by atoms with Crippen LogP contribution in [0.2, 0.25) is 0 Å². The molecule has 2 aromatic rings. The number of nitrogens with zero attached hydrogens (tertiary/aromatic N) is 2. The van der Waals surface area contributed by atoms with E-state index in [1.165, 1.54) is 16.2 Å². The fourth-order valence-electron chi connectivity index (χ4n) is 3.24. The highest BCUT2D eigenvalue weighted by molar-refractivity contribution is 7.13. The lowest BCUT2D eigenvalue weighted by molar-refractivity contribution is -0.925. The lowest BCUT2D eigenvalue weighted by atomic mass is 10.2. The molecule has 0 saturated carbocycles. The number of anilines is 1. The van der Waals surface area contributed by atoms with E-state index >= 15 is 0 Å². The highest BCUT2D eigenvalue weighted by atomic mass is 32.1. The van der Waals surface area contributed by atoms with Crippen molar-refractivity contribution in [3.8, 4) is 0 Å². The van der Waals surface area contributed by atoms with E-state index in [4.69, 9.17) is 4.42 Å². The Morgan fingerprint density at radius 2 is 2.47 bits per heavy atom. The van der Waals surface area contributed by atoms with Crippen molar-refractivity contribution in [2.24, 2.45) is 0 Å². The van der Waals surface area contributed by atoms with Gasteiger partial charge in [0.15, 0.2) is 16.9 Å². The second-order valence-corrected chi connectivity index (χ2v) is 5.83. The summed E-state index contributed by atoms with van der Waals surface area (Å²) in [4.78, 5) is 20.0. The first-order valence-electron chi connectivity index (χ1n) is 6.48. The molecule has 98 valence electrons. The molecule has 0 aliphatic carbocycles. The lowest BCUT2D eigenvalue weighted by Gasteiger charge is -2.22. The molecule has 4 heterocycles. The Morgan fingerprint density at radius 1 is 1.53 bits per heavy atom. The number of carbonyl (C=O) groups excluding carboxylic acids is 1. The van der Waals surface area contributed by atoms with Crippen LogP contribution < -0.4 is 9.80 Å². The van der Waals surface area contributed by atoms with Gasteiger partial charge in [-0.3, -0.25) is 9.69 Å². The Morgan fingerprint density at radius 3 is 3.21 bits per heavy atom. The maximum absolute atomic E-state index is 12.6. The van der Waals surface area contributed by atoms with E-state index in [2.05, 4.69) is 4.98 Å². The van der Waals surface area contributed by atoms with Crippen LogP contribution in [0.3, 0.4) is 0 Å². The molecule has 0 bridgehead atoms. The number of fused-ring (bicyclic) bond motifs is 1. The Bertz CT molecular complexity index is 581. The average molecular weight is 276 g/mol. The number of rotatable bonds is 2. The highest BCUT2D eigenvalue weighted by Gasteiger charge is 2.55. The normalized spacial score (nSPS) is 30.0. The Balaban J connectivity index is 1.81. The van der Waals surface area contributed by atoms with Crippen molar-refractivity contribution in [1.29, 1.82) is 0 Å². The summed E-state index contributed by atoms with van der Waals surface area (Å²) in [6.07, 6.45) is 5.43. The summed E-state index contributed by atoms with van der Waals surface area (Å²) in [6, 6.07) is 3.90. The van der Waals surface area contributed by atoms with Crippen LogP contribution in [-0.4, -0.2) is 23.5 Å². The third-order valence-electron chi connectivity index (χ3n) is 3.99. The van der Waals surface area contributed by atoms with Crippen molar-refractivity contribution in [2.75, 3.05) is 11.4 Å². The summed E-state index contributed by atoms with van der Waals surface area (Å²) in [5.74, 6) is 1.03. The van der Waals surface area contributed by atoms with Gasteiger partial charge in [0.05, 0.1) is 12.8 Å². The Kier molecular flexibility index (Phi) is 2.46. The van der Waals surface area contributed by atoms with Crippen molar-refractivity contribution < 1.29 is 14.1 Å². The summed E-state index contributed by atoms with van der Waals surface area (Å²) in [5.41, 5.74) is 0. The van der Waals surface area contributed by atoms with Crippen LogP contribution in [0.25, 0.3) is 0 Å². The minimum absolute atomic E-state index is 0.0545. The maximum Gasteiger partial charge on any atom is 0.292 e. The predicted octanol–water partition coefficient (Wildman–Crippen LogP) is 0.829. The number of aromatic nitrogens is 1. The maximum atomic E-state index is 12.6. The number of hydrogen-bond acceptors (Lipinski definition) is 4. The van der Waals surface area contributed by atoms with Crippen molar-refractivity contribution in [3.05, 3.63) is 35.7 Å². The number of thiazole rings is 1. The predicted molar refractivity (Wildman–Crippen MR) is 69.9 cm³/mol. The summed E-state index contributed by atoms with van der Waals surface area (Å²) in [7, 11) is 0. The first kappa shape index (κ1) is 11.2. The molecule has 1 unspecified atom stereocenters. The van der Waals surface area contributed by atoms with Gasteiger partial charge in [-0.25, -0.2) is 9.88 Å². The van der Waals surface area contributed by atoms with Crippen LogP contribution in [-0.2, 0) is 4.79 Å². The number of nitrogens with one attached hydrogen (secondary N) is 1. The molecule has 2 aliphatic heterocycles. The minimum Gasteiger partial charge on any atom is -0.461 e. The molecule has 0 spiro atoms. The quantitative estimate of drug-likeness (QED) is 0.884. The fourth-order valence-corrected chi connectivity index (χ4v) is 3.91. The van der Waals surface area contributed by atoms with Gasteiger partial charge in [0, 0.05) is 24.4 Å². The van der Waals surface area contributed by atoms with Gasteiger partial charge >= 0.3 is 0 Å². The molecule has 0 radical (unpaired) electrons. The van der Waals surface area contributed by atoms with E-state index < -0.39 is 0 Å². The number of furan rings is 1. The molecule has 2 fully saturated rings. The number of carbonyl (C=O) groups is 1. The van der Waals surface area contributed by atoms with Crippen molar-refractivity contribution in [3.63, 3.8) is 0 Å². The van der Waals surface area contributed by atoms with E-state index in [1.54, 1.807) is 12.5 Å². The second-order valence-electron chi connectivity index (χ2n) is 4.96. The summed E-state index contributed by atoms with van der Waals surface area (Å²) in [5, 5.41) is 2.67. The zero-order valence-electron chi connectivity index (χ0n) is 10.3. The average Bonchev–Trinajstić information content (AvgIpc) is 3.15. The Labute approximate surface area is 114 Å². The molecule has 4 rings (SSSR count). The van der Waals surface area contributed by atoms with Gasteiger partial charge in [0.25, 0.3) is 5.91 Å². The number of hydrogen-bond donors (Lipinski definition) is 1. The van der Waals surface area contributed by atoms with E-state index in [0.717, 1.165) is 30.3 Å². The zero-order chi connectivity index (χ0) is 12.8. The topological polar surface area (TPSA) is 50.8 Å². The standard InChI is InChI=1S/C13H13N3O2S/c17-12-9-3-1-6-15(9)11(10-4-2-7-18-10)16(12)13-14-5-8-19-13/h2,4-5,7-9,11H,1,3,6H2/p+1/t9-,11-/m1/s1. The molecule has 2 aliphatic rings. The molecular formula is C13H14N3O2S+. The number of amides is 1. The summed E-state index contributed by atoms with van der Waals surface area (Å²) < 4.78 is 5.56. The number of quaternary nitrogens is 1. The van der Waals surface area contributed by atoms with Crippen LogP contribution in [0.1, 0.15) is 24.8 Å². The smallest absolute Gasteiger partial charge is 0.292 e.